The van der Waals surface area contributed by atoms with Crippen molar-refractivity contribution in [3.63, 3.8) is 0 Å². The van der Waals surface area contributed by atoms with E-state index >= 15 is 0 Å². The SMILES string of the molecule is CC.CCCCC1(CCC)CC(C(=O)O)C1.COc1ccc2nc(C)sc2c1C(=O)NC1C2CCC(C2)C1C(N)=O. The smallest absolute Gasteiger partial charge is 0.306 e. The van der Waals surface area contributed by atoms with Crippen LogP contribution in [-0.4, -0.2) is 41.0 Å². The fourth-order valence-corrected chi connectivity index (χ4v) is 8.33. The number of thiazole rings is 1. The molecular weight excluding hydrogens is 538 g/mol. The third kappa shape index (κ3) is 7.22. The second kappa shape index (κ2) is 14.5. The molecule has 5 rings (SSSR count). The number of primary amides is 1. The molecule has 1 aromatic heterocycles. The van der Waals surface area contributed by atoms with E-state index in [1.165, 1.54) is 43.4 Å². The first-order valence-corrected chi connectivity index (χ1v) is 16.2. The van der Waals surface area contributed by atoms with Crippen molar-refractivity contribution in [3.05, 3.63) is 22.7 Å². The standard InChI is InChI=1S/C18H21N3O3S.C12H22O2.C2H6/c1-8-20-11-5-6-12(24-2)14(16(11)25-8)18(23)21-15-10-4-3-9(7-10)13(15)17(19)22;1-3-5-7-12(6-4-2)8-10(9-12)11(13)14;1-2/h5-6,9-10,13,15H,3-4,7H2,1-2H3,(H2,19,22)(H,21,23);10H,3-9H2,1-2H3,(H,13,14);1-2H3. The van der Waals surface area contributed by atoms with Crippen LogP contribution < -0.4 is 15.8 Å². The van der Waals surface area contributed by atoms with Crippen molar-refractivity contribution in [2.75, 3.05) is 7.11 Å². The summed E-state index contributed by atoms with van der Waals surface area (Å²) in [5.74, 6) is -0.266. The summed E-state index contributed by atoms with van der Waals surface area (Å²) in [5.41, 5.74) is 7.29. The van der Waals surface area contributed by atoms with E-state index in [-0.39, 0.29) is 29.7 Å². The monoisotopic (exact) mass is 587 g/mol. The molecule has 0 radical (unpaired) electrons. The van der Waals surface area contributed by atoms with E-state index in [0.29, 0.717) is 28.6 Å². The fraction of sp³-hybridized carbons (Fsp3) is 0.688. The number of hydrogen-bond donors (Lipinski definition) is 3. The summed E-state index contributed by atoms with van der Waals surface area (Å²) in [6.07, 6.45) is 11.0. The summed E-state index contributed by atoms with van der Waals surface area (Å²) in [4.78, 5) is 40.2. The van der Waals surface area contributed by atoms with Gasteiger partial charge in [-0.2, -0.15) is 0 Å². The Kier molecular flexibility index (Phi) is 11.6. The lowest BCUT2D eigenvalue weighted by molar-refractivity contribution is -0.151. The van der Waals surface area contributed by atoms with Gasteiger partial charge in [0, 0.05) is 6.04 Å². The first kappa shape index (κ1) is 32.8. The van der Waals surface area contributed by atoms with Crippen LogP contribution >= 0.6 is 11.3 Å². The number of fused-ring (bicyclic) bond motifs is 3. The van der Waals surface area contributed by atoms with Gasteiger partial charge in [0.05, 0.1) is 34.2 Å². The number of carboxylic acids is 1. The number of nitrogens with one attached hydrogen (secondary N) is 1. The van der Waals surface area contributed by atoms with Crippen LogP contribution in [0.3, 0.4) is 0 Å². The number of nitrogens with two attached hydrogens (primary N) is 1. The van der Waals surface area contributed by atoms with Gasteiger partial charge in [0.15, 0.2) is 0 Å². The molecule has 1 heterocycles. The van der Waals surface area contributed by atoms with Crippen molar-refractivity contribution in [2.45, 2.75) is 105 Å². The Morgan fingerprint density at radius 1 is 1.12 bits per heavy atom. The molecule has 1 aromatic carbocycles. The minimum Gasteiger partial charge on any atom is -0.496 e. The second-order valence-corrected chi connectivity index (χ2v) is 13.0. The molecule has 3 fully saturated rings. The summed E-state index contributed by atoms with van der Waals surface area (Å²) in [6, 6.07) is 3.44. The van der Waals surface area contributed by atoms with Gasteiger partial charge in [-0.25, -0.2) is 4.98 Å². The van der Waals surface area contributed by atoms with Crippen LogP contribution in [0.25, 0.3) is 10.2 Å². The lowest BCUT2D eigenvalue weighted by Gasteiger charge is -2.46. The average Bonchev–Trinajstić information content (AvgIpc) is 3.64. The van der Waals surface area contributed by atoms with Gasteiger partial charge in [-0.05, 0) is 81.3 Å². The Bertz CT molecular complexity index is 1210. The topological polar surface area (TPSA) is 132 Å². The number of aryl methyl sites for hydroxylation is 1. The number of carboxylic acid groups (broad SMARTS) is 1. The van der Waals surface area contributed by atoms with Crippen molar-refractivity contribution < 1.29 is 24.2 Å². The molecule has 228 valence electrons. The molecule has 4 N–H and O–H groups in total. The Morgan fingerprint density at radius 3 is 2.39 bits per heavy atom. The van der Waals surface area contributed by atoms with Crippen molar-refractivity contribution in [1.29, 1.82) is 0 Å². The number of unbranched alkanes of at least 4 members (excludes halogenated alkanes) is 1. The number of carbonyl (C=O) groups is 3. The number of ether oxygens (including phenoxy) is 1. The first-order valence-electron chi connectivity index (χ1n) is 15.4. The molecule has 0 aliphatic heterocycles. The van der Waals surface area contributed by atoms with E-state index in [0.717, 1.165) is 47.3 Å². The molecule has 41 heavy (non-hydrogen) atoms. The maximum atomic E-state index is 13.1. The molecule has 2 bridgehead atoms. The van der Waals surface area contributed by atoms with Crippen LogP contribution in [0.4, 0.5) is 0 Å². The summed E-state index contributed by atoms with van der Waals surface area (Å²) >= 11 is 1.47. The molecule has 4 unspecified atom stereocenters. The maximum absolute atomic E-state index is 13.1. The van der Waals surface area contributed by atoms with Crippen LogP contribution in [0.2, 0.25) is 0 Å². The van der Waals surface area contributed by atoms with E-state index in [1.807, 2.05) is 26.8 Å². The van der Waals surface area contributed by atoms with Crippen LogP contribution in [0.1, 0.15) is 107 Å². The zero-order valence-corrected chi connectivity index (χ0v) is 26.4. The third-order valence-corrected chi connectivity index (χ3v) is 10.2. The molecule has 3 aliphatic carbocycles. The Morgan fingerprint density at radius 2 is 1.80 bits per heavy atom. The largest absolute Gasteiger partial charge is 0.496 e. The van der Waals surface area contributed by atoms with Crippen LogP contribution in [0.15, 0.2) is 12.1 Å². The normalized spacial score (nSPS) is 27.6. The van der Waals surface area contributed by atoms with Crippen molar-refractivity contribution in [2.24, 2.45) is 34.8 Å². The molecule has 8 nitrogen and oxygen atoms in total. The lowest BCUT2D eigenvalue weighted by Crippen LogP contribution is -2.48. The van der Waals surface area contributed by atoms with Gasteiger partial charge in [-0.1, -0.05) is 47.0 Å². The Balaban J connectivity index is 0.000000247. The van der Waals surface area contributed by atoms with Gasteiger partial charge in [-0.3, -0.25) is 14.4 Å². The second-order valence-electron chi connectivity index (χ2n) is 11.8. The van der Waals surface area contributed by atoms with Gasteiger partial charge < -0.3 is 20.9 Å². The van der Waals surface area contributed by atoms with E-state index in [2.05, 4.69) is 24.1 Å². The predicted octanol–water partition coefficient (Wildman–Crippen LogP) is 6.73. The van der Waals surface area contributed by atoms with E-state index in [1.54, 1.807) is 13.2 Å². The fourth-order valence-electron chi connectivity index (χ4n) is 7.38. The lowest BCUT2D eigenvalue weighted by atomic mass is 9.58. The Hall–Kier alpha value is -2.68. The van der Waals surface area contributed by atoms with Gasteiger partial charge in [0.25, 0.3) is 5.91 Å². The molecule has 9 heteroatoms. The highest BCUT2D eigenvalue weighted by atomic mass is 32.1. The zero-order chi connectivity index (χ0) is 30.3. The average molecular weight is 588 g/mol. The summed E-state index contributed by atoms with van der Waals surface area (Å²) in [5, 5.41) is 12.8. The van der Waals surface area contributed by atoms with Crippen molar-refractivity contribution in [1.82, 2.24) is 10.3 Å². The molecule has 0 spiro atoms. The van der Waals surface area contributed by atoms with E-state index < -0.39 is 5.97 Å². The molecule has 2 amide bonds. The van der Waals surface area contributed by atoms with E-state index in [9.17, 15) is 14.4 Å². The van der Waals surface area contributed by atoms with Crippen LogP contribution in [0.5, 0.6) is 5.75 Å². The molecular formula is C32H49N3O5S. The molecule has 0 saturated heterocycles. The predicted molar refractivity (Wildman–Crippen MR) is 164 cm³/mol. The van der Waals surface area contributed by atoms with E-state index in [4.69, 9.17) is 15.6 Å². The number of aromatic nitrogens is 1. The van der Waals surface area contributed by atoms with Crippen molar-refractivity contribution >= 4 is 39.3 Å². The van der Waals surface area contributed by atoms with Gasteiger partial charge in [0.2, 0.25) is 5.91 Å². The number of hydrogen-bond acceptors (Lipinski definition) is 6. The number of methoxy groups -OCH3 is 1. The van der Waals surface area contributed by atoms with Crippen LogP contribution in [0, 0.1) is 36.0 Å². The number of carbonyl (C=O) groups excluding carboxylic acids is 2. The number of aliphatic carboxylic acids is 1. The minimum absolute atomic E-state index is 0.0431. The highest BCUT2D eigenvalue weighted by Crippen LogP contribution is 2.52. The van der Waals surface area contributed by atoms with Crippen molar-refractivity contribution in [3.8, 4) is 5.75 Å². The number of nitrogens with zero attached hydrogens (tertiary/aromatic N) is 1. The number of benzene rings is 1. The maximum Gasteiger partial charge on any atom is 0.306 e. The first-order chi connectivity index (χ1) is 19.6. The number of rotatable bonds is 10. The highest BCUT2D eigenvalue weighted by molar-refractivity contribution is 7.19. The minimum atomic E-state index is -0.590. The van der Waals surface area contributed by atoms with Crippen LogP contribution in [-0.2, 0) is 9.59 Å². The molecule has 4 atom stereocenters. The zero-order valence-electron chi connectivity index (χ0n) is 25.6. The molecule has 3 saturated carbocycles. The highest BCUT2D eigenvalue weighted by Gasteiger charge is 2.51. The summed E-state index contributed by atoms with van der Waals surface area (Å²) < 4.78 is 6.22. The number of amides is 2. The van der Waals surface area contributed by atoms with Gasteiger partial charge >= 0.3 is 5.97 Å². The summed E-state index contributed by atoms with van der Waals surface area (Å²) in [7, 11) is 1.55. The van der Waals surface area contributed by atoms with Gasteiger partial charge in [-0.15, -0.1) is 11.3 Å². The van der Waals surface area contributed by atoms with Gasteiger partial charge in [0.1, 0.15) is 11.3 Å². The Labute approximate surface area is 248 Å². The third-order valence-electron chi connectivity index (χ3n) is 9.17. The molecule has 2 aromatic rings. The molecule has 3 aliphatic rings. The summed E-state index contributed by atoms with van der Waals surface area (Å²) in [6.45, 7) is 10.3. The quantitative estimate of drug-likeness (QED) is 0.282.